The molecule has 166 valence electrons. The van der Waals surface area contributed by atoms with Crippen LogP contribution in [0.5, 0.6) is 0 Å². The van der Waals surface area contributed by atoms with Gasteiger partial charge in [-0.3, -0.25) is 4.84 Å². The summed E-state index contributed by atoms with van der Waals surface area (Å²) in [6.07, 6.45) is 1.07. The maximum atomic E-state index is 12.9. The first-order valence-electron chi connectivity index (χ1n) is 10.5. The van der Waals surface area contributed by atoms with Crippen molar-refractivity contribution in [1.82, 2.24) is 20.4 Å². The lowest BCUT2D eigenvalue weighted by Gasteiger charge is -2.28. The van der Waals surface area contributed by atoms with Crippen LogP contribution in [-0.4, -0.2) is 45.4 Å². The molecule has 0 aliphatic carbocycles. The molecule has 3 amide bonds. The van der Waals surface area contributed by atoms with E-state index in [2.05, 4.69) is 10.5 Å². The maximum absolute atomic E-state index is 12.9. The van der Waals surface area contributed by atoms with Crippen LogP contribution in [-0.2, 0) is 22.7 Å². The third-order valence-corrected chi connectivity index (χ3v) is 5.26. The molecular weight excluding hydrogens is 400 g/mol. The molecule has 9 heteroatoms. The lowest BCUT2D eigenvalue weighted by atomic mass is 9.98. The van der Waals surface area contributed by atoms with Gasteiger partial charge in [0.05, 0.1) is 18.6 Å². The highest BCUT2D eigenvalue weighted by atomic mass is 16.7. The van der Waals surface area contributed by atoms with Crippen LogP contribution < -0.4 is 5.32 Å². The van der Waals surface area contributed by atoms with E-state index < -0.39 is 11.7 Å². The standard InChI is InChI=1S/C22H28N4O5/c1-22(2,3)30-20(27)23-12-17-11-18(24-31-17)19-10-9-16-13-25(19)21(28)26(16)29-14-15-7-5-4-6-8-15/h4-8,11,16,19H,9-10,12-14H2,1-3H3,(H,23,27)/t16-,19-/m0/s1. The molecule has 0 unspecified atom stereocenters. The zero-order valence-corrected chi connectivity index (χ0v) is 18.0. The molecule has 2 bridgehead atoms. The molecular formula is C22H28N4O5. The van der Waals surface area contributed by atoms with Crippen LogP contribution in [0.4, 0.5) is 9.59 Å². The summed E-state index contributed by atoms with van der Waals surface area (Å²) < 4.78 is 10.6. The summed E-state index contributed by atoms with van der Waals surface area (Å²) in [6, 6.07) is 11.3. The summed E-state index contributed by atoms with van der Waals surface area (Å²) >= 11 is 0. The Balaban J connectivity index is 1.34. The Morgan fingerprint density at radius 3 is 2.77 bits per heavy atom. The van der Waals surface area contributed by atoms with Crippen LogP contribution in [0.2, 0.25) is 0 Å². The molecule has 9 nitrogen and oxygen atoms in total. The topological polar surface area (TPSA) is 97.1 Å². The number of benzene rings is 1. The minimum atomic E-state index is -0.570. The largest absolute Gasteiger partial charge is 0.444 e. The number of alkyl carbamates (subject to hydrolysis) is 1. The maximum Gasteiger partial charge on any atom is 0.408 e. The predicted octanol–water partition coefficient (Wildman–Crippen LogP) is 3.77. The molecule has 2 aromatic rings. The van der Waals surface area contributed by atoms with Gasteiger partial charge in [-0.15, -0.1) is 0 Å². The molecule has 4 rings (SSSR count). The molecule has 0 spiro atoms. The first-order chi connectivity index (χ1) is 14.8. The van der Waals surface area contributed by atoms with Crippen LogP contribution in [0.15, 0.2) is 40.9 Å². The number of aromatic nitrogens is 1. The number of hydrogen-bond donors (Lipinski definition) is 1. The van der Waals surface area contributed by atoms with Gasteiger partial charge < -0.3 is 19.5 Å². The van der Waals surface area contributed by atoms with Gasteiger partial charge in [0.2, 0.25) is 0 Å². The lowest BCUT2D eigenvalue weighted by molar-refractivity contribution is -0.140. The van der Waals surface area contributed by atoms with Gasteiger partial charge in [-0.05, 0) is 39.2 Å². The summed E-state index contributed by atoms with van der Waals surface area (Å²) in [5.74, 6) is 0.506. The van der Waals surface area contributed by atoms with Gasteiger partial charge in [-0.2, -0.15) is 5.06 Å². The minimum absolute atomic E-state index is 0.0349. The van der Waals surface area contributed by atoms with Crippen molar-refractivity contribution in [1.29, 1.82) is 0 Å². The normalized spacial score (nSPS) is 20.8. The van der Waals surface area contributed by atoms with E-state index in [4.69, 9.17) is 14.1 Å². The molecule has 0 saturated carbocycles. The zero-order chi connectivity index (χ0) is 22.0. The fraction of sp³-hybridized carbons (Fsp3) is 0.500. The van der Waals surface area contributed by atoms with Crippen LogP contribution in [0.25, 0.3) is 0 Å². The van der Waals surface area contributed by atoms with E-state index >= 15 is 0 Å². The molecule has 1 aromatic heterocycles. The summed E-state index contributed by atoms with van der Waals surface area (Å²) in [5.41, 5.74) is 1.12. The average molecular weight is 428 g/mol. The Bertz CT molecular complexity index is 923. The Morgan fingerprint density at radius 1 is 1.26 bits per heavy atom. The summed E-state index contributed by atoms with van der Waals surface area (Å²) in [4.78, 5) is 32.4. The quantitative estimate of drug-likeness (QED) is 0.752. The fourth-order valence-electron chi connectivity index (χ4n) is 3.87. The molecule has 3 heterocycles. The first-order valence-corrected chi connectivity index (χ1v) is 10.5. The number of nitrogens with zero attached hydrogens (tertiary/aromatic N) is 3. The van der Waals surface area contributed by atoms with Gasteiger partial charge in [0.15, 0.2) is 5.76 Å². The fourth-order valence-corrected chi connectivity index (χ4v) is 3.87. The third kappa shape index (κ3) is 4.99. The number of nitrogens with one attached hydrogen (secondary N) is 1. The number of fused-ring (bicyclic) bond motifs is 2. The highest BCUT2D eigenvalue weighted by Crippen LogP contribution is 2.38. The Hall–Kier alpha value is -3.07. The number of rotatable bonds is 6. The molecule has 2 saturated heterocycles. The monoisotopic (exact) mass is 428 g/mol. The van der Waals surface area contributed by atoms with E-state index in [0.29, 0.717) is 24.6 Å². The Morgan fingerprint density at radius 2 is 2.03 bits per heavy atom. The predicted molar refractivity (Wildman–Crippen MR) is 111 cm³/mol. The van der Waals surface area contributed by atoms with Crippen LogP contribution in [0, 0.1) is 0 Å². The minimum Gasteiger partial charge on any atom is -0.444 e. The molecule has 2 aliphatic heterocycles. The molecule has 2 atom stereocenters. The first kappa shape index (κ1) is 21.2. The number of ether oxygens (including phenoxy) is 1. The molecule has 31 heavy (non-hydrogen) atoms. The van der Waals surface area contributed by atoms with Crippen LogP contribution >= 0.6 is 0 Å². The van der Waals surface area contributed by atoms with Crippen LogP contribution in [0.1, 0.15) is 56.7 Å². The summed E-state index contributed by atoms with van der Waals surface area (Å²) in [5, 5.41) is 8.29. The van der Waals surface area contributed by atoms with Crippen molar-refractivity contribution in [2.75, 3.05) is 6.54 Å². The number of piperidine rings is 1. The second-order valence-electron chi connectivity index (χ2n) is 8.84. The second kappa shape index (κ2) is 8.58. The van der Waals surface area contributed by atoms with Crippen molar-refractivity contribution in [3.8, 4) is 0 Å². The smallest absolute Gasteiger partial charge is 0.408 e. The SMILES string of the molecule is CC(C)(C)OC(=O)NCc1cc([C@@H]2CC[C@H]3CN2C(=O)N3OCc2ccccc2)no1. The van der Waals surface area contributed by atoms with Gasteiger partial charge in [0.25, 0.3) is 0 Å². The van der Waals surface area contributed by atoms with Crippen molar-refractivity contribution >= 4 is 12.1 Å². The van der Waals surface area contributed by atoms with Gasteiger partial charge in [-0.1, -0.05) is 35.5 Å². The molecule has 2 fully saturated rings. The average Bonchev–Trinajstić information content (AvgIpc) is 3.29. The van der Waals surface area contributed by atoms with Crippen molar-refractivity contribution in [3.63, 3.8) is 0 Å². The zero-order valence-electron chi connectivity index (χ0n) is 18.0. The lowest BCUT2D eigenvalue weighted by Crippen LogP contribution is -2.34. The van der Waals surface area contributed by atoms with E-state index in [-0.39, 0.29) is 24.7 Å². The number of amides is 3. The van der Waals surface area contributed by atoms with E-state index in [1.807, 2.05) is 30.3 Å². The molecule has 2 aliphatic rings. The Kier molecular flexibility index (Phi) is 5.86. The van der Waals surface area contributed by atoms with E-state index in [9.17, 15) is 9.59 Å². The number of hydrogen-bond acceptors (Lipinski definition) is 6. The Labute approximate surface area is 181 Å². The second-order valence-corrected chi connectivity index (χ2v) is 8.84. The van der Waals surface area contributed by atoms with Gasteiger partial charge >= 0.3 is 12.1 Å². The highest BCUT2D eigenvalue weighted by molar-refractivity contribution is 5.77. The van der Waals surface area contributed by atoms with Crippen LogP contribution in [0.3, 0.4) is 0 Å². The molecule has 1 aromatic carbocycles. The molecule has 0 radical (unpaired) electrons. The summed E-state index contributed by atoms with van der Waals surface area (Å²) in [7, 11) is 0. The van der Waals surface area contributed by atoms with Gasteiger partial charge in [0.1, 0.15) is 17.9 Å². The number of carbonyl (C=O) groups excluding carboxylic acids is 2. The van der Waals surface area contributed by atoms with E-state index in [1.165, 1.54) is 5.06 Å². The number of hydroxylamine groups is 2. The van der Waals surface area contributed by atoms with Crippen molar-refractivity contribution in [2.45, 2.75) is 64.4 Å². The third-order valence-electron chi connectivity index (χ3n) is 5.26. The summed E-state index contributed by atoms with van der Waals surface area (Å²) in [6.45, 7) is 6.51. The molecule has 1 N–H and O–H groups in total. The number of carbonyl (C=O) groups is 2. The highest BCUT2D eigenvalue weighted by Gasteiger charge is 2.46. The van der Waals surface area contributed by atoms with Gasteiger partial charge in [-0.25, -0.2) is 9.59 Å². The van der Waals surface area contributed by atoms with Crippen molar-refractivity contribution in [3.05, 3.63) is 53.4 Å². The van der Waals surface area contributed by atoms with Gasteiger partial charge in [0, 0.05) is 12.6 Å². The van der Waals surface area contributed by atoms with E-state index in [1.54, 1.807) is 31.7 Å². The van der Waals surface area contributed by atoms with Crippen molar-refractivity contribution < 1.29 is 23.7 Å². The number of urea groups is 1. The van der Waals surface area contributed by atoms with Crippen molar-refractivity contribution in [2.24, 2.45) is 0 Å². The van der Waals surface area contributed by atoms with E-state index in [0.717, 1.165) is 18.4 Å².